The van der Waals surface area contributed by atoms with Gasteiger partial charge in [-0.15, -0.1) is 12.4 Å². The van der Waals surface area contributed by atoms with Gasteiger partial charge < -0.3 is 19.9 Å². The minimum Gasteiger partial charge on any atom is -0.486 e. The molecule has 0 saturated heterocycles. The summed E-state index contributed by atoms with van der Waals surface area (Å²) in [5.74, 6) is 1.95. The average molecular weight is 528 g/mol. The van der Waals surface area contributed by atoms with E-state index in [-0.39, 0.29) is 29.8 Å². The number of hydrogen-bond donors (Lipinski definition) is 1. The number of pyridine rings is 1. The molecule has 2 atom stereocenters. The smallest absolute Gasteiger partial charge is 0.171 e. The summed E-state index contributed by atoms with van der Waals surface area (Å²) in [5.41, 5.74) is 5.53. The Morgan fingerprint density at radius 3 is 2.76 bits per heavy atom. The summed E-state index contributed by atoms with van der Waals surface area (Å²) in [4.78, 5) is 10.7. The Labute approximate surface area is 222 Å². The predicted octanol–water partition coefficient (Wildman–Crippen LogP) is 5.42. The van der Waals surface area contributed by atoms with E-state index in [1.807, 2.05) is 31.2 Å². The van der Waals surface area contributed by atoms with Crippen LogP contribution in [-0.4, -0.2) is 52.2 Å². The number of nitrogens with zero attached hydrogens (tertiary/aromatic N) is 2. The Morgan fingerprint density at radius 2 is 1.95 bits per heavy atom. The first-order valence-corrected chi connectivity index (χ1v) is 12.7. The highest BCUT2D eigenvalue weighted by atomic mass is 35.5. The first kappa shape index (κ1) is 27.2. The fourth-order valence-corrected chi connectivity index (χ4v) is 5.67. The second kappa shape index (κ2) is 10.9. The van der Waals surface area contributed by atoms with Gasteiger partial charge in [0.05, 0.1) is 5.52 Å². The predicted molar refractivity (Wildman–Crippen MR) is 148 cm³/mol. The van der Waals surface area contributed by atoms with Crippen LogP contribution < -0.4 is 9.47 Å². The van der Waals surface area contributed by atoms with Crippen LogP contribution in [0.2, 0.25) is 0 Å². The van der Waals surface area contributed by atoms with E-state index in [1.165, 1.54) is 17.3 Å². The lowest BCUT2D eigenvalue weighted by Gasteiger charge is -2.36. The molecule has 6 rings (SSSR count). The van der Waals surface area contributed by atoms with Gasteiger partial charge in [-0.1, -0.05) is 0 Å². The first-order valence-electron chi connectivity index (χ1n) is 12.7. The maximum atomic E-state index is 13.9. The molecule has 3 heterocycles. The van der Waals surface area contributed by atoms with Crippen LogP contribution in [0.25, 0.3) is 21.8 Å². The molecule has 37 heavy (non-hydrogen) atoms. The van der Waals surface area contributed by atoms with Crippen LogP contribution in [-0.2, 0) is 12.8 Å². The van der Waals surface area contributed by atoms with Crippen molar-refractivity contribution in [1.82, 2.24) is 14.9 Å². The number of ether oxygens (including phenoxy) is 2. The molecular weight excluding hydrogens is 493 g/mol. The molecule has 6 nitrogen and oxygen atoms in total. The van der Waals surface area contributed by atoms with Crippen molar-refractivity contribution >= 4 is 34.2 Å². The van der Waals surface area contributed by atoms with Crippen molar-refractivity contribution in [3.8, 4) is 11.5 Å². The van der Waals surface area contributed by atoms with Crippen LogP contribution in [0, 0.1) is 18.7 Å². The average Bonchev–Trinajstić information content (AvgIpc) is 3.20. The Balaban J connectivity index is 0.00000160. The number of aryl methyl sites for hydroxylation is 2. The maximum Gasteiger partial charge on any atom is 0.171 e. The number of halogens is 2. The van der Waals surface area contributed by atoms with Crippen molar-refractivity contribution in [2.45, 2.75) is 52.2 Å². The highest BCUT2D eigenvalue weighted by molar-refractivity contribution is 5.88. The van der Waals surface area contributed by atoms with Crippen molar-refractivity contribution < 1.29 is 19.3 Å². The minimum absolute atomic E-state index is 0. The Morgan fingerprint density at radius 1 is 1.11 bits per heavy atom. The molecule has 0 spiro atoms. The zero-order valence-electron chi connectivity index (χ0n) is 21.5. The number of aromatic amines is 1. The number of fused-ring (bicyclic) bond motifs is 6. The van der Waals surface area contributed by atoms with Gasteiger partial charge in [0.25, 0.3) is 0 Å². The first-order chi connectivity index (χ1) is 16.9. The molecule has 1 aliphatic heterocycles. The van der Waals surface area contributed by atoms with Crippen LogP contribution in [0.1, 0.15) is 37.2 Å². The van der Waals surface area contributed by atoms with Crippen molar-refractivity contribution in [2.75, 3.05) is 19.7 Å². The molecule has 4 aromatic rings. The van der Waals surface area contributed by atoms with E-state index in [1.54, 1.807) is 6.07 Å². The summed E-state index contributed by atoms with van der Waals surface area (Å²) in [6, 6.07) is 13.5. The molecule has 2 aromatic carbocycles. The lowest BCUT2D eigenvalue weighted by atomic mass is 9.85. The Bertz CT molecular complexity index is 1410. The topological polar surface area (TPSA) is 81.9 Å². The SMILES string of the molecule is Cc1ccc2c3c(ccc2n1)OC[C@H](CN(C[C@H]1CCc2[nH]c4ccc(F)cc4c2C1)C(C)C)O3.Cl.O. The van der Waals surface area contributed by atoms with E-state index in [0.717, 1.165) is 71.4 Å². The summed E-state index contributed by atoms with van der Waals surface area (Å²) in [5, 5.41) is 2.04. The van der Waals surface area contributed by atoms with Crippen LogP contribution in [0.15, 0.2) is 42.5 Å². The fraction of sp³-hybridized carbons (Fsp3) is 0.414. The molecule has 8 heteroatoms. The molecule has 0 saturated carbocycles. The molecule has 0 unspecified atom stereocenters. The van der Waals surface area contributed by atoms with Crippen molar-refractivity contribution in [2.24, 2.45) is 5.92 Å². The van der Waals surface area contributed by atoms with Gasteiger partial charge in [-0.3, -0.25) is 9.88 Å². The molecule has 2 aromatic heterocycles. The lowest BCUT2D eigenvalue weighted by Crippen LogP contribution is -2.46. The summed E-state index contributed by atoms with van der Waals surface area (Å²) < 4.78 is 26.6. The minimum atomic E-state index is -0.169. The summed E-state index contributed by atoms with van der Waals surface area (Å²) in [6.45, 7) is 8.82. The number of benzene rings is 2. The van der Waals surface area contributed by atoms with Gasteiger partial charge in [0, 0.05) is 46.8 Å². The van der Waals surface area contributed by atoms with Gasteiger partial charge in [-0.25, -0.2) is 4.39 Å². The van der Waals surface area contributed by atoms with Gasteiger partial charge in [0.15, 0.2) is 11.5 Å². The molecule has 0 bridgehead atoms. The van der Waals surface area contributed by atoms with E-state index < -0.39 is 0 Å². The van der Waals surface area contributed by atoms with Crippen LogP contribution >= 0.6 is 12.4 Å². The van der Waals surface area contributed by atoms with Gasteiger partial charge >= 0.3 is 0 Å². The maximum absolute atomic E-state index is 13.9. The van der Waals surface area contributed by atoms with Crippen LogP contribution in [0.5, 0.6) is 11.5 Å². The summed E-state index contributed by atoms with van der Waals surface area (Å²) in [6.07, 6.45) is 3.07. The Hall–Kier alpha value is -2.87. The number of rotatable bonds is 5. The third-order valence-electron chi connectivity index (χ3n) is 7.55. The van der Waals surface area contributed by atoms with E-state index in [4.69, 9.17) is 9.47 Å². The van der Waals surface area contributed by atoms with E-state index in [0.29, 0.717) is 18.6 Å². The van der Waals surface area contributed by atoms with Crippen LogP contribution in [0.4, 0.5) is 4.39 Å². The molecule has 198 valence electrons. The van der Waals surface area contributed by atoms with E-state index in [9.17, 15) is 4.39 Å². The Kier molecular flexibility index (Phi) is 7.97. The molecule has 2 aliphatic rings. The number of hydrogen-bond acceptors (Lipinski definition) is 4. The number of H-pyrrole nitrogens is 1. The molecule has 3 N–H and O–H groups in total. The highest BCUT2D eigenvalue weighted by Crippen LogP contribution is 2.39. The quantitative estimate of drug-likeness (QED) is 0.376. The zero-order valence-corrected chi connectivity index (χ0v) is 22.3. The molecule has 0 amide bonds. The number of aromatic nitrogens is 2. The monoisotopic (exact) mass is 527 g/mol. The van der Waals surface area contributed by atoms with E-state index in [2.05, 4.69) is 34.8 Å². The molecule has 0 radical (unpaired) electrons. The van der Waals surface area contributed by atoms with Crippen molar-refractivity contribution in [3.05, 3.63) is 65.2 Å². The van der Waals surface area contributed by atoms with Crippen molar-refractivity contribution in [1.29, 1.82) is 0 Å². The molecular formula is C29H35ClFN3O3. The van der Waals surface area contributed by atoms with Crippen molar-refractivity contribution in [3.63, 3.8) is 0 Å². The van der Waals surface area contributed by atoms with Gasteiger partial charge in [-0.05, 0) is 94.0 Å². The van der Waals surface area contributed by atoms with Gasteiger partial charge in [0.2, 0.25) is 0 Å². The number of nitrogens with one attached hydrogen (secondary N) is 1. The summed E-state index contributed by atoms with van der Waals surface area (Å²) >= 11 is 0. The zero-order chi connectivity index (χ0) is 24.1. The largest absolute Gasteiger partial charge is 0.486 e. The fourth-order valence-electron chi connectivity index (χ4n) is 5.67. The second-order valence-electron chi connectivity index (χ2n) is 10.4. The molecule has 1 aliphatic carbocycles. The summed E-state index contributed by atoms with van der Waals surface area (Å²) in [7, 11) is 0. The standard InChI is InChI=1S/C29H32FN3O2.ClH.H2O/c1-17(2)33(14-19-5-8-26-23(12-19)24-13-20(30)6-9-27(24)32-26)15-21-16-34-28-11-10-25-22(29(28)35-21)7-4-18(3)31-25;;/h4,6-7,9-11,13,17,19,21,32H,5,8,12,14-16H2,1-3H3;1H;1H2/t19-,21-;;/m0../s1. The van der Waals surface area contributed by atoms with E-state index >= 15 is 0 Å². The third kappa shape index (κ3) is 5.26. The lowest BCUT2D eigenvalue weighted by molar-refractivity contribution is 0.0444. The highest BCUT2D eigenvalue weighted by Gasteiger charge is 2.29. The second-order valence-corrected chi connectivity index (χ2v) is 10.4. The van der Waals surface area contributed by atoms with Crippen LogP contribution in [0.3, 0.4) is 0 Å². The normalized spacial score (nSPS) is 18.5. The third-order valence-corrected chi connectivity index (χ3v) is 7.55. The molecule has 0 fully saturated rings. The van der Waals surface area contributed by atoms with Gasteiger partial charge in [-0.2, -0.15) is 0 Å². The van der Waals surface area contributed by atoms with Gasteiger partial charge in [0.1, 0.15) is 18.5 Å².